The summed E-state index contributed by atoms with van der Waals surface area (Å²) in [5, 5.41) is 17.2. The summed E-state index contributed by atoms with van der Waals surface area (Å²) in [5.74, 6) is 0. The van der Waals surface area contributed by atoms with E-state index in [1.54, 1.807) is 0 Å². The first-order valence-electron chi connectivity index (χ1n) is 31.0. The Bertz CT molecular complexity index is 3280. The van der Waals surface area contributed by atoms with Gasteiger partial charge in [-0.05, 0) is 159 Å². The van der Waals surface area contributed by atoms with Crippen molar-refractivity contribution in [2.24, 2.45) is 0 Å². The van der Waals surface area contributed by atoms with Crippen LogP contribution in [-0.2, 0) is 115 Å². The molecule has 0 aliphatic rings. The molecule has 0 bridgehead atoms. The number of hydrogen-bond donors (Lipinski definition) is 0. The van der Waals surface area contributed by atoms with Crippen molar-refractivity contribution >= 4 is 121 Å². The van der Waals surface area contributed by atoms with Crippen molar-refractivity contribution in [1.29, 1.82) is 0 Å². The molecule has 14 rings (SSSR count). The van der Waals surface area contributed by atoms with Crippen LogP contribution in [0.15, 0.2) is 422 Å². The van der Waals surface area contributed by atoms with Gasteiger partial charge in [-0.2, -0.15) is 9.79 Å². The second-order valence-electron chi connectivity index (χ2n) is 21.5. The van der Waals surface area contributed by atoms with E-state index in [2.05, 4.69) is 378 Å². The maximum atomic E-state index is 4.87. The molecule has 14 aromatic carbocycles. The van der Waals surface area contributed by atoms with Crippen LogP contribution in [0.3, 0.4) is 0 Å². The van der Waals surface area contributed by atoms with E-state index in [0.717, 1.165) is 9.79 Å². The molecule has 0 heterocycles. The van der Waals surface area contributed by atoms with Crippen molar-refractivity contribution < 1.29 is 89.5 Å². The van der Waals surface area contributed by atoms with Crippen molar-refractivity contribution in [2.75, 3.05) is 0 Å². The Balaban J connectivity index is 0.000000212. The van der Waals surface area contributed by atoms with E-state index >= 15 is 0 Å². The predicted octanol–water partition coefficient (Wildman–Crippen LogP) is 16.5. The molecule has 0 unspecified atom stereocenters. The second-order valence-corrected chi connectivity index (χ2v) is 32.4. The van der Waals surface area contributed by atoms with Crippen LogP contribution in [0.4, 0.5) is 0 Å². The number of aryl methyl sites for hydroxylation is 2. The summed E-state index contributed by atoms with van der Waals surface area (Å²) in [6.07, 6.45) is 0. The van der Waals surface area contributed by atoms with Gasteiger partial charge in [0.05, 0.1) is 31.7 Å². The molecule has 0 atom stereocenters. The van der Waals surface area contributed by atoms with E-state index < -0.39 is 31.7 Å². The van der Waals surface area contributed by atoms with Crippen LogP contribution in [0, 0.1) is 13.8 Å². The van der Waals surface area contributed by atoms with E-state index in [1.165, 1.54) is 74.8 Å². The quantitative estimate of drug-likeness (QED) is 0.0679. The van der Waals surface area contributed by atoms with Gasteiger partial charge in [-0.15, -0.1) is 0 Å². The van der Waals surface area contributed by atoms with Gasteiger partial charge in [0, 0.05) is 44.8 Å². The van der Waals surface area contributed by atoms with Gasteiger partial charge in [0.1, 0.15) is 63.7 Å². The van der Waals surface area contributed by atoms with Crippen molar-refractivity contribution in [3.8, 4) is 0 Å². The molecular weight excluding hydrogens is 2010 g/mol. The molecule has 0 saturated heterocycles. The summed E-state index contributed by atoms with van der Waals surface area (Å²) in [7, 11) is -3.51. The van der Waals surface area contributed by atoms with E-state index in [-0.39, 0.29) is 89.5 Å². The van der Waals surface area contributed by atoms with E-state index in [9.17, 15) is 0 Å². The second kappa shape index (κ2) is 46.5. The third-order valence-corrected chi connectivity index (χ3v) is 26.3. The standard InChI is InChI=1S/4C18H15P.2C7H8S.4Au/c4*1-4-10-16(11-5-1)19(17-12-6-2-7-13-17)18-14-8-3-9-15-18;2*1-6-2-4-7(8)5-3-6;;;;/h4*1-15H;2*2-5,8H,1H3;;;;/q;;;;;;;;2*+1/p+2. The Hall–Kier alpha value is -5.80. The molecule has 14 aromatic rings. The zero-order valence-electron chi connectivity index (χ0n) is 53.3. The summed E-state index contributed by atoms with van der Waals surface area (Å²) < 4.78 is 0. The van der Waals surface area contributed by atoms with Crippen LogP contribution in [0.5, 0.6) is 0 Å². The van der Waals surface area contributed by atoms with Crippen LogP contribution in [0.25, 0.3) is 0 Å². The molecule has 0 spiro atoms. The zero-order chi connectivity index (χ0) is 63.6. The first kappa shape index (κ1) is 80.9. The van der Waals surface area contributed by atoms with Gasteiger partial charge in [0.25, 0.3) is 0 Å². The van der Waals surface area contributed by atoms with E-state index in [4.69, 9.17) is 25.3 Å². The molecule has 10 heteroatoms. The minimum atomic E-state index is -0.877. The van der Waals surface area contributed by atoms with Crippen molar-refractivity contribution in [3.05, 3.63) is 424 Å². The maximum Gasteiger partial charge on any atom is 1.00 e. The van der Waals surface area contributed by atoms with Crippen LogP contribution < -0.4 is 63.7 Å². The minimum Gasteiger partial charge on any atom is -0.780 e. The first-order chi connectivity index (χ1) is 45.4. The molecule has 494 valence electrons. The minimum absolute atomic E-state index is 0. The van der Waals surface area contributed by atoms with Gasteiger partial charge in [-0.3, -0.25) is 0 Å². The Morgan fingerprint density at radius 3 is 0.333 bits per heavy atom. The molecule has 0 saturated carbocycles. The summed E-state index contributed by atoms with van der Waals surface area (Å²) in [6, 6.07) is 146. The van der Waals surface area contributed by atoms with Gasteiger partial charge in [0.2, 0.25) is 0 Å². The fraction of sp³-hybridized carbons (Fsp3) is 0.0233. The molecule has 0 aliphatic carbocycles. The largest absolute Gasteiger partial charge is 1.00 e. The van der Waals surface area contributed by atoms with Crippen molar-refractivity contribution in [2.45, 2.75) is 23.6 Å². The third-order valence-electron chi connectivity index (χ3n) is 14.8. The Labute approximate surface area is 650 Å². The molecule has 0 N–H and O–H groups in total. The fourth-order valence-corrected chi connectivity index (χ4v) is 20.9. The number of benzene rings is 14. The van der Waals surface area contributed by atoms with Gasteiger partial charge in [0.15, 0.2) is 0 Å². The van der Waals surface area contributed by atoms with Gasteiger partial charge < -0.3 is 25.3 Å². The molecule has 0 fully saturated rings. The van der Waals surface area contributed by atoms with Crippen LogP contribution in [0.1, 0.15) is 11.1 Å². The smallest absolute Gasteiger partial charge is 0.780 e. The average molecular weight is 2090 g/mol. The molecule has 96 heavy (non-hydrogen) atoms. The van der Waals surface area contributed by atoms with Crippen LogP contribution in [0.2, 0.25) is 0 Å². The van der Waals surface area contributed by atoms with Gasteiger partial charge >= 0.3 is 44.8 Å². The summed E-state index contributed by atoms with van der Waals surface area (Å²) in [5.41, 5.74) is 2.53. The summed E-state index contributed by atoms with van der Waals surface area (Å²) >= 11 is 9.74. The Kier molecular flexibility index (Phi) is 39.2. The van der Waals surface area contributed by atoms with Crippen molar-refractivity contribution in [3.63, 3.8) is 0 Å². The van der Waals surface area contributed by atoms with Crippen LogP contribution in [-0.4, -0.2) is 0 Å². The van der Waals surface area contributed by atoms with Gasteiger partial charge in [-0.1, -0.05) is 278 Å². The SMILES string of the molecule is Cc1ccc([S-])cc1.Cc1ccc([S-])cc1.[Au+].[Au+].[Au].[Au].c1ccc([PH+](c2ccccc2)c2ccccc2)cc1.c1ccc([PH+](c2ccccc2)c2ccccc2)cc1.c1ccc([PH+](c2ccccc2)c2ccccc2)cc1.c1ccc([PH+](c2ccccc2)c2ccccc2)cc1. The number of hydrogen-bond acceptors (Lipinski definition) is 2. The Morgan fingerprint density at radius 2 is 0.250 bits per heavy atom. The van der Waals surface area contributed by atoms with Crippen LogP contribution >= 0.6 is 31.7 Å². The van der Waals surface area contributed by atoms with Gasteiger partial charge in [-0.25, -0.2) is 0 Å². The molecular formula is C86H78Au4P4S2+4. The number of rotatable bonds is 12. The Morgan fingerprint density at radius 1 is 0.156 bits per heavy atom. The molecule has 0 amide bonds. The summed E-state index contributed by atoms with van der Waals surface area (Å²) in [6.45, 7) is 4.10. The molecule has 0 nitrogen and oxygen atoms in total. The van der Waals surface area contributed by atoms with E-state index in [1.807, 2.05) is 48.5 Å². The predicted molar refractivity (Wildman–Crippen MR) is 420 cm³/mol. The fourth-order valence-electron chi connectivity index (χ4n) is 10.3. The first-order valence-corrected chi connectivity index (χ1v) is 37.8. The maximum absolute atomic E-state index is 4.87. The average Bonchev–Trinajstić information content (AvgIpc) is 0.999. The topological polar surface area (TPSA) is 0 Å². The molecule has 0 aromatic heterocycles. The molecule has 2 radical (unpaired) electrons. The summed E-state index contributed by atoms with van der Waals surface area (Å²) in [4.78, 5) is 1.83. The normalized spacial score (nSPS) is 9.90. The monoisotopic (exact) mass is 2090 g/mol. The molecule has 0 aliphatic heterocycles. The zero-order valence-corrected chi connectivity index (χ0v) is 67.6. The third kappa shape index (κ3) is 26.8. The van der Waals surface area contributed by atoms with E-state index in [0.29, 0.717) is 0 Å². The van der Waals surface area contributed by atoms with Crippen molar-refractivity contribution in [1.82, 2.24) is 0 Å².